The van der Waals surface area contributed by atoms with Crippen LogP contribution in [-0.2, 0) is 22.7 Å². The van der Waals surface area contributed by atoms with E-state index in [-0.39, 0.29) is 30.3 Å². The van der Waals surface area contributed by atoms with E-state index in [1.165, 1.54) is 0 Å². The van der Waals surface area contributed by atoms with Crippen molar-refractivity contribution in [3.63, 3.8) is 0 Å². The van der Waals surface area contributed by atoms with Crippen LogP contribution in [0.1, 0.15) is 54.0 Å². The average molecular weight is 519 g/mol. The lowest BCUT2D eigenvalue weighted by molar-refractivity contribution is -0.140. The summed E-state index contributed by atoms with van der Waals surface area (Å²) in [6.07, 6.45) is 4.73. The molecule has 5 rings (SSSR count). The van der Waals surface area contributed by atoms with Gasteiger partial charge in [-0.1, -0.05) is 55.3 Å². The topological polar surface area (TPSA) is 59.1 Å². The largest absolute Gasteiger partial charge is 0.493 e. The Balaban J connectivity index is 1.29. The number of thiophene rings is 1. The highest BCUT2D eigenvalue weighted by atomic mass is 32.1. The monoisotopic (exact) mass is 518 g/mol. The predicted molar refractivity (Wildman–Crippen MR) is 145 cm³/mol. The van der Waals surface area contributed by atoms with Gasteiger partial charge in [-0.3, -0.25) is 9.59 Å². The number of rotatable bonds is 10. The highest BCUT2D eigenvalue weighted by molar-refractivity contribution is 7.09. The molecular weight excluding hydrogens is 484 g/mol. The Morgan fingerprint density at radius 3 is 2.59 bits per heavy atom. The quantitative estimate of drug-likeness (QED) is 0.349. The molecule has 1 saturated carbocycles. The zero-order chi connectivity index (χ0) is 25.6. The molecule has 6 nitrogen and oxygen atoms in total. The number of carbonyl (C=O) groups excluding carboxylic acids is 2. The third kappa shape index (κ3) is 6.16. The molecule has 0 bridgehead atoms. The number of benzene rings is 2. The van der Waals surface area contributed by atoms with Crippen LogP contribution in [0.4, 0.5) is 0 Å². The number of methoxy groups -OCH3 is 1. The number of hydrogen-bond acceptors (Lipinski definition) is 5. The molecule has 1 atom stereocenters. The summed E-state index contributed by atoms with van der Waals surface area (Å²) in [4.78, 5) is 31.3. The van der Waals surface area contributed by atoms with Gasteiger partial charge in [-0.25, -0.2) is 0 Å². The van der Waals surface area contributed by atoms with E-state index in [0.29, 0.717) is 37.6 Å². The molecule has 1 saturated heterocycles. The minimum atomic E-state index is 0.0193. The molecule has 2 aliphatic rings. The molecular formula is C30H34N2O4S. The van der Waals surface area contributed by atoms with Crippen LogP contribution in [0.2, 0.25) is 0 Å². The molecule has 2 fully saturated rings. The zero-order valence-corrected chi connectivity index (χ0v) is 22.1. The zero-order valence-electron chi connectivity index (χ0n) is 21.3. The molecule has 2 amide bonds. The van der Waals surface area contributed by atoms with Gasteiger partial charge in [-0.15, -0.1) is 11.3 Å². The van der Waals surface area contributed by atoms with Crippen LogP contribution < -0.4 is 9.47 Å². The maximum absolute atomic E-state index is 13.6. The molecule has 1 aromatic heterocycles. The Labute approximate surface area is 222 Å². The van der Waals surface area contributed by atoms with E-state index in [0.717, 1.165) is 41.7 Å². The van der Waals surface area contributed by atoms with Crippen LogP contribution >= 0.6 is 11.3 Å². The van der Waals surface area contributed by atoms with E-state index in [4.69, 9.17) is 9.47 Å². The Morgan fingerprint density at radius 2 is 1.86 bits per heavy atom. The van der Waals surface area contributed by atoms with Crippen molar-refractivity contribution in [2.24, 2.45) is 0 Å². The van der Waals surface area contributed by atoms with Crippen molar-refractivity contribution in [2.45, 2.75) is 57.2 Å². The lowest BCUT2D eigenvalue weighted by Crippen LogP contribution is -2.44. The fraction of sp³-hybridized carbons (Fsp3) is 0.400. The molecule has 2 aromatic carbocycles. The van der Waals surface area contributed by atoms with E-state index >= 15 is 0 Å². The number of nitrogens with zero attached hydrogens (tertiary/aromatic N) is 2. The number of amides is 2. The van der Waals surface area contributed by atoms with Crippen molar-refractivity contribution in [1.29, 1.82) is 0 Å². The van der Waals surface area contributed by atoms with Gasteiger partial charge in [-0.2, -0.15) is 0 Å². The minimum Gasteiger partial charge on any atom is -0.493 e. The van der Waals surface area contributed by atoms with E-state index in [1.54, 1.807) is 23.3 Å². The summed E-state index contributed by atoms with van der Waals surface area (Å²) in [5, 5.41) is 2.03. The summed E-state index contributed by atoms with van der Waals surface area (Å²) in [5.41, 5.74) is 2.16. The van der Waals surface area contributed by atoms with Crippen molar-refractivity contribution in [1.82, 2.24) is 9.80 Å². The van der Waals surface area contributed by atoms with Crippen molar-refractivity contribution < 1.29 is 19.1 Å². The van der Waals surface area contributed by atoms with Gasteiger partial charge in [0.05, 0.1) is 13.7 Å². The third-order valence-electron chi connectivity index (χ3n) is 7.43. The number of carbonyl (C=O) groups is 2. The van der Waals surface area contributed by atoms with E-state index in [1.807, 2.05) is 58.8 Å². The first-order valence-electron chi connectivity index (χ1n) is 13.0. The first kappa shape index (κ1) is 25.3. The Bertz CT molecular complexity index is 1190. The van der Waals surface area contributed by atoms with Gasteiger partial charge in [0.25, 0.3) is 0 Å². The molecule has 37 heavy (non-hydrogen) atoms. The van der Waals surface area contributed by atoms with Crippen LogP contribution in [0.15, 0.2) is 66.0 Å². The number of likely N-dealkylation sites (tertiary alicyclic amines) is 1. The number of ether oxygens (including phenoxy) is 2. The first-order valence-corrected chi connectivity index (χ1v) is 13.9. The van der Waals surface area contributed by atoms with Crippen LogP contribution in [0.25, 0.3) is 0 Å². The molecule has 7 heteroatoms. The van der Waals surface area contributed by atoms with E-state index < -0.39 is 0 Å². The molecule has 1 unspecified atom stereocenters. The molecule has 0 N–H and O–H groups in total. The predicted octanol–water partition coefficient (Wildman–Crippen LogP) is 5.62. The Morgan fingerprint density at radius 1 is 1.05 bits per heavy atom. The lowest BCUT2D eigenvalue weighted by Gasteiger charge is -2.31. The molecule has 0 radical (unpaired) electrons. The summed E-state index contributed by atoms with van der Waals surface area (Å²) >= 11 is 1.65. The van der Waals surface area contributed by atoms with Crippen LogP contribution in [0.3, 0.4) is 0 Å². The van der Waals surface area contributed by atoms with Crippen LogP contribution in [0.5, 0.6) is 11.5 Å². The van der Waals surface area contributed by atoms with E-state index in [2.05, 4.69) is 12.1 Å². The van der Waals surface area contributed by atoms with Gasteiger partial charge in [-0.05, 0) is 47.5 Å². The van der Waals surface area contributed by atoms with Gasteiger partial charge >= 0.3 is 0 Å². The summed E-state index contributed by atoms with van der Waals surface area (Å²) in [5.74, 6) is 1.57. The summed E-state index contributed by atoms with van der Waals surface area (Å²) < 4.78 is 11.6. The average Bonchev–Trinajstić information content (AvgIpc) is 3.70. The van der Waals surface area contributed by atoms with Crippen molar-refractivity contribution in [3.05, 3.63) is 82.0 Å². The Hall–Kier alpha value is -3.32. The van der Waals surface area contributed by atoms with Crippen LogP contribution in [0, 0.1) is 0 Å². The number of hydrogen-bond donors (Lipinski definition) is 0. The normalized spacial score (nSPS) is 17.8. The summed E-state index contributed by atoms with van der Waals surface area (Å²) in [6, 6.07) is 20.3. The van der Waals surface area contributed by atoms with Crippen molar-refractivity contribution in [2.75, 3.05) is 20.2 Å². The summed E-state index contributed by atoms with van der Waals surface area (Å²) in [7, 11) is 1.64. The second kappa shape index (κ2) is 11.8. The highest BCUT2D eigenvalue weighted by Crippen LogP contribution is 2.32. The van der Waals surface area contributed by atoms with Crippen LogP contribution in [-0.4, -0.2) is 47.9 Å². The van der Waals surface area contributed by atoms with Gasteiger partial charge in [0.2, 0.25) is 11.8 Å². The summed E-state index contributed by atoms with van der Waals surface area (Å²) in [6.45, 7) is 1.70. The SMILES string of the molecule is COc1ccc(CN(C(=O)CN2CC(c3ccccc3)CC2=O)C2CCCC2)cc1OCc1cccs1. The van der Waals surface area contributed by atoms with Gasteiger partial charge in [0, 0.05) is 36.3 Å². The Kier molecular flexibility index (Phi) is 8.09. The minimum absolute atomic E-state index is 0.0193. The smallest absolute Gasteiger partial charge is 0.242 e. The fourth-order valence-corrected chi connectivity index (χ4v) is 6.05. The molecule has 2 heterocycles. The second-order valence-corrected chi connectivity index (χ2v) is 10.9. The van der Waals surface area contributed by atoms with Crippen molar-refractivity contribution >= 4 is 23.2 Å². The lowest BCUT2D eigenvalue weighted by atomic mass is 9.99. The molecule has 194 valence electrons. The maximum atomic E-state index is 13.6. The third-order valence-corrected chi connectivity index (χ3v) is 8.28. The molecule has 3 aromatic rings. The van der Waals surface area contributed by atoms with Gasteiger partial charge in [0.15, 0.2) is 11.5 Å². The van der Waals surface area contributed by atoms with Gasteiger partial charge < -0.3 is 19.3 Å². The molecule has 1 aliphatic carbocycles. The standard InChI is InChI=1S/C30H34N2O4S/c1-35-27-14-13-22(16-28(27)36-21-26-12-7-15-37-26)18-32(25-10-5-6-11-25)30(34)20-31-19-24(17-29(31)33)23-8-3-2-4-9-23/h2-4,7-9,12-16,24-25H,5-6,10-11,17-21H2,1H3. The molecule has 0 spiro atoms. The van der Waals surface area contributed by atoms with Gasteiger partial charge in [0.1, 0.15) is 6.61 Å². The maximum Gasteiger partial charge on any atom is 0.242 e. The van der Waals surface area contributed by atoms with Crippen molar-refractivity contribution in [3.8, 4) is 11.5 Å². The second-order valence-electron chi connectivity index (χ2n) is 9.90. The first-order chi connectivity index (χ1) is 18.1. The molecule has 1 aliphatic heterocycles. The highest BCUT2D eigenvalue weighted by Gasteiger charge is 2.34. The van der Waals surface area contributed by atoms with E-state index in [9.17, 15) is 9.59 Å². The fourth-order valence-electron chi connectivity index (χ4n) is 5.44.